The number of oxazole rings is 1. The van der Waals surface area contributed by atoms with E-state index in [0.717, 1.165) is 29.8 Å². The molecule has 1 unspecified atom stereocenters. The van der Waals surface area contributed by atoms with Crippen LogP contribution in [0.2, 0.25) is 0 Å². The molecule has 1 aliphatic heterocycles. The van der Waals surface area contributed by atoms with Crippen molar-refractivity contribution in [2.75, 3.05) is 17.2 Å². The van der Waals surface area contributed by atoms with Crippen LogP contribution in [0.4, 0.5) is 5.69 Å². The summed E-state index contributed by atoms with van der Waals surface area (Å²) in [5, 5.41) is 1.05. The van der Waals surface area contributed by atoms with Crippen molar-refractivity contribution >= 4 is 46.2 Å². The van der Waals surface area contributed by atoms with Crippen molar-refractivity contribution in [1.29, 1.82) is 0 Å². The molecule has 2 aromatic carbocycles. The van der Waals surface area contributed by atoms with Crippen LogP contribution in [0.25, 0.3) is 11.1 Å². The molecule has 0 radical (unpaired) electrons. The van der Waals surface area contributed by atoms with E-state index in [2.05, 4.69) is 18.0 Å². The number of thioether (sulfide) groups is 2. The van der Waals surface area contributed by atoms with Gasteiger partial charge in [0.1, 0.15) is 5.52 Å². The highest BCUT2D eigenvalue weighted by atomic mass is 32.2. The maximum absolute atomic E-state index is 12.8. The number of hydrogen-bond donors (Lipinski definition) is 0. The molecule has 25 heavy (non-hydrogen) atoms. The molecule has 0 aliphatic carbocycles. The number of rotatable bonds is 3. The van der Waals surface area contributed by atoms with Gasteiger partial charge in [-0.1, -0.05) is 43.0 Å². The maximum atomic E-state index is 12.8. The minimum absolute atomic E-state index is 0.0920. The van der Waals surface area contributed by atoms with E-state index >= 15 is 0 Å². The first kappa shape index (κ1) is 16.5. The third-order valence-electron chi connectivity index (χ3n) is 4.14. The fourth-order valence-corrected chi connectivity index (χ4v) is 4.69. The van der Waals surface area contributed by atoms with E-state index in [1.807, 2.05) is 59.1 Å². The minimum atomic E-state index is 0.0920. The Morgan fingerprint density at radius 3 is 2.96 bits per heavy atom. The molecule has 0 saturated heterocycles. The summed E-state index contributed by atoms with van der Waals surface area (Å²) in [6.45, 7) is 2.96. The maximum Gasteiger partial charge on any atom is 0.257 e. The Morgan fingerprint density at radius 2 is 2.08 bits per heavy atom. The van der Waals surface area contributed by atoms with Crippen LogP contribution in [0, 0.1) is 0 Å². The number of carbonyl (C=O) groups excluding carboxylic acids is 1. The van der Waals surface area contributed by atoms with E-state index in [0.29, 0.717) is 16.2 Å². The number of benzene rings is 2. The van der Waals surface area contributed by atoms with Gasteiger partial charge in [-0.3, -0.25) is 4.79 Å². The molecule has 0 saturated carbocycles. The fourth-order valence-electron chi connectivity index (χ4n) is 2.86. The highest BCUT2D eigenvalue weighted by molar-refractivity contribution is 8.00. The first-order chi connectivity index (χ1) is 12.2. The average molecular weight is 370 g/mol. The third-order valence-corrected chi connectivity index (χ3v) is 6.19. The van der Waals surface area contributed by atoms with Crippen LogP contribution in [0.15, 0.2) is 63.1 Å². The molecule has 2 heterocycles. The molecule has 6 heteroatoms. The number of anilines is 1. The van der Waals surface area contributed by atoms with Gasteiger partial charge >= 0.3 is 0 Å². The van der Waals surface area contributed by atoms with Crippen LogP contribution < -0.4 is 4.90 Å². The fraction of sp³-hybridized carbons (Fsp3) is 0.263. The molecule has 1 aromatic heterocycles. The van der Waals surface area contributed by atoms with Gasteiger partial charge < -0.3 is 9.32 Å². The van der Waals surface area contributed by atoms with Crippen molar-refractivity contribution in [3.63, 3.8) is 0 Å². The summed E-state index contributed by atoms with van der Waals surface area (Å²) < 4.78 is 5.69. The van der Waals surface area contributed by atoms with Gasteiger partial charge in [0.05, 0.1) is 11.4 Å². The average Bonchev–Trinajstić information content (AvgIpc) is 2.96. The van der Waals surface area contributed by atoms with Crippen LogP contribution in [0.1, 0.15) is 13.3 Å². The summed E-state index contributed by atoms with van der Waals surface area (Å²) in [5.41, 5.74) is 2.59. The molecule has 128 valence electrons. The molecule has 1 aliphatic rings. The summed E-state index contributed by atoms with van der Waals surface area (Å²) in [5.74, 6) is 0.412. The zero-order chi connectivity index (χ0) is 17.2. The van der Waals surface area contributed by atoms with Gasteiger partial charge in [0.25, 0.3) is 5.22 Å². The Morgan fingerprint density at radius 1 is 1.28 bits per heavy atom. The first-order valence-corrected chi connectivity index (χ1v) is 10.1. The molecular formula is C19H18N2O2S2. The molecule has 4 nitrogen and oxygen atoms in total. The predicted octanol–water partition coefficient (Wildman–Crippen LogP) is 4.84. The van der Waals surface area contributed by atoms with Gasteiger partial charge in [0.15, 0.2) is 5.58 Å². The second-order valence-corrected chi connectivity index (χ2v) is 8.37. The van der Waals surface area contributed by atoms with E-state index in [1.54, 1.807) is 0 Å². The zero-order valence-corrected chi connectivity index (χ0v) is 15.5. The number of amides is 1. The van der Waals surface area contributed by atoms with Crippen molar-refractivity contribution in [1.82, 2.24) is 4.98 Å². The van der Waals surface area contributed by atoms with Gasteiger partial charge in [-0.2, -0.15) is 0 Å². The summed E-state index contributed by atoms with van der Waals surface area (Å²) in [4.78, 5) is 20.3. The Kier molecular flexibility index (Phi) is 4.72. The number of fused-ring (bicyclic) bond motifs is 2. The predicted molar refractivity (Wildman–Crippen MR) is 103 cm³/mol. The smallest absolute Gasteiger partial charge is 0.257 e. The molecule has 3 aromatic rings. The quantitative estimate of drug-likeness (QED) is 0.618. The second kappa shape index (κ2) is 7.14. The van der Waals surface area contributed by atoms with E-state index in [1.165, 1.54) is 16.7 Å². The van der Waals surface area contributed by atoms with E-state index in [-0.39, 0.29) is 5.91 Å². The molecule has 0 bridgehead atoms. The third kappa shape index (κ3) is 3.55. The van der Waals surface area contributed by atoms with E-state index in [4.69, 9.17) is 4.42 Å². The lowest BCUT2D eigenvalue weighted by Gasteiger charge is -2.22. The summed E-state index contributed by atoms with van der Waals surface area (Å²) in [6, 6.07) is 15.8. The van der Waals surface area contributed by atoms with E-state index in [9.17, 15) is 4.79 Å². The monoisotopic (exact) mass is 370 g/mol. The summed E-state index contributed by atoms with van der Waals surface area (Å²) in [7, 11) is 0. The molecule has 1 atom stereocenters. The topological polar surface area (TPSA) is 46.3 Å². The molecule has 4 rings (SSSR count). The van der Waals surface area contributed by atoms with Crippen molar-refractivity contribution in [2.45, 2.75) is 28.7 Å². The number of hydrogen-bond acceptors (Lipinski definition) is 5. The van der Waals surface area contributed by atoms with Crippen LogP contribution in [0.3, 0.4) is 0 Å². The van der Waals surface area contributed by atoms with Crippen molar-refractivity contribution < 1.29 is 9.21 Å². The number of aromatic nitrogens is 1. The lowest BCUT2D eigenvalue weighted by molar-refractivity contribution is -0.116. The normalized spacial score (nSPS) is 17.3. The molecule has 0 spiro atoms. The lowest BCUT2D eigenvalue weighted by Crippen LogP contribution is -2.33. The second-order valence-electron chi connectivity index (χ2n) is 5.97. The van der Waals surface area contributed by atoms with Gasteiger partial charge in [-0.25, -0.2) is 4.98 Å². The minimum Gasteiger partial charge on any atom is -0.431 e. The Labute approximate surface area is 155 Å². The van der Waals surface area contributed by atoms with Gasteiger partial charge in [0.2, 0.25) is 5.91 Å². The summed E-state index contributed by atoms with van der Waals surface area (Å²) >= 11 is 3.19. The Balaban J connectivity index is 1.50. The van der Waals surface area contributed by atoms with Gasteiger partial charge in [-0.15, -0.1) is 11.8 Å². The Hall–Kier alpha value is -1.92. The Bertz CT molecular complexity index is 876. The molecule has 0 fully saturated rings. The SMILES string of the molecule is CC1CCN(C(=O)CSc2nc3ccccc3o2)c2ccccc2S1. The highest BCUT2D eigenvalue weighted by Gasteiger charge is 2.24. The van der Waals surface area contributed by atoms with Gasteiger partial charge in [-0.05, 0) is 30.7 Å². The van der Waals surface area contributed by atoms with Crippen LogP contribution in [-0.4, -0.2) is 28.4 Å². The van der Waals surface area contributed by atoms with Crippen LogP contribution in [-0.2, 0) is 4.79 Å². The summed E-state index contributed by atoms with van der Waals surface area (Å²) in [6.07, 6.45) is 0.985. The largest absolute Gasteiger partial charge is 0.431 e. The number of nitrogens with zero attached hydrogens (tertiary/aromatic N) is 2. The lowest BCUT2D eigenvalue weighted by atomic mass is 10.2. The van der Waals surface area contributed by atoms with Crippen molar-refractivity contribution in [3.8, 4) is 0 Å². The molecule has 0 N–H and O–H groups in total. The van der Waals surface area contributed by atoms with E-state index < -0.39 is 0 Å². The van der Waals surface area contributed by atoms with Gasteiger partial charge in [0, 0.05) is 16.7 Å². The molecule has 1 amide bonds. The van der Waals surface area contributed by atoms with Crippen LogP contribution >= 0.6 is 23.5 Å². The van der Waals surface area contributed by atoms with Crippen LogP contribution in [0.5, 0.6) is 0 Å². The number of para-hydroxylation sites is 3. The zero-order valence-electron chi connectivity index (χ0n) is 13.8. The first-order valence-electron chi connectivity index (χ1n) is 8.25. The number of carbonyl (C=O) groups is 1. The molecular weight excluding hydrogens is 352 g/mol. The highest BCUT2D eigenvalue weighted by Crippen LogP contribution is 2.37. The van der Waals surface area contributed by atoms with Crippen molar-refractivity contribution in [3.05, 3.63) is 48.5 Å². The van der Waals surface area contributed by atoms with Crippen molar-refractivity contribution in [2.24, 2.45) is 0 Å². The standard InChI is InChI=1S/C19H18N2O2S2/c1-13-10-11-21(15-7-3-5-9-17(15)25-13)18(22)12-24-19-20-14-6-2-4-8-16(14)23-19/h2-9,13H,10-12H2,1H3.